The zero-order valence-corrected chi connectivity index (χ0v) is 16.3. The van der Waals surface area contributed by atoms with Crippen LogP contribution in [0.5, 0.6) is 5.75 Å². The Labute approximate surface area is 164 Å². The lowest BCUT2D eigenvalue weighted by molar-refractivity contribution is 0.0856. The smallest absolute Gasteiger partial charge is 0.171 e. The number of rotatable bonds is 4. The summed E-state index contributed by atoms with van der Waals surface area (Å²) < 4.78 is 8.52. The van der Waals surface area contributed by atoms with Crippen LogP contribution in [0.25, 0.3) is 10.9 Å². The largest absolute Gasteiger partial charge is 0.493 e. The van der Waals surface area contributed by atoms with Crippen LogP contribution in [0.15, 0.2) is 41.3 Å². The lowest BCUT2D eigenvalue weighted by Crippen LogP contribution is -2.28. The van der Waals surface area contributed by atoms with Gasteiger partial charge < -0.3 is 15.0 Å². The topological polar surface area (TPSA) is 70.1 Å². The van der Waals surface area contributed by atoms with Crippen molar-refractivity contribution in [3.05, 3.63) is 57.4 Å². The van der Waals surface area contributed by atoms with Crippen LogP contribution in [0.4, 0.5) is 0 Å². The first-order valence-corrected chi connectivity index (χ1v) is 9.54. The van der Waals surface area contributed by atoms with Gasteiger partial charge in [0.05, 0.1) is 18.0 Å². The normalized spacial score (nSPS) is 16.3. The highest BCUT2D eigenvalue weighted by Crippen LogP contribution is 2.33. The van der Waals surface area contributed by atoms with Gasteiger partial charge in [0, 0.05) is 41.5 Å². The third-order valence-corrected chi connectivity index (χ3v) is 5.34. The van der Waals surface area contributed by atoms with Crippen molar-refractivity contribution in [3.8, 4) is 5.75 Å². The van der Waals surface area contributed by atoms with E-state index in [4.69, 9.17) is 22.1 Å². The van der Waals surface area contributed by atoms with E-state index >= 15 is 0 Å². The predicted octanol–water partition coefficient (Wildman–Crippen LogP) is 3.84. The molecule has 134 valence electrons. The highest BCUT2D eigenvalue weighted by molar-refractivity contribution is 9.10. The van der Waals surface area contributed by atoms with Crippen molar-refractivity contribution in [3.63, 3.8) is 0 Å². The molecule has 0 spiro atoms. The van der Waals surface area contributed by atoms with E-state index in [2.05, 4.69) is 20.9 Å². The summed E-state index contributed by atoms with van der Waals surface area (Å²) in [5.41, 5.74) is 8.29. The molecule has 7 heteroatoms. The number of nitrogens with zero attached hydrogens (tertiary/aromatic N) is 2. The SMILES string of the molecule is NCCn1cc(C(=O)C2COc3ccc(Cl)cc3C2)c2cnc(Br)cc21. The summed E-state index contributed by atoms with van der Waals surface area (Å²) in [6.07, 6.45) is 4.22. The molecule has 0 aliphatic carbocycles. The maximum Gasteiger partial charge on any atom is 0.171 e. The van der Waals surface area contributed by atoms with Crippen molar-refractivity contribution in [1.82, 2.24) is 9.55 Å². The molecule has 5 nitrogen and oxygen atoms in total. The number of hydrogen-bond acceptors (Lipinski definition) is 4. The third-order valence-electron chi connectivity index (χ3n) is 4.67. The minimum atomic E-state index is -0.249. The van der Waals surface area contributed by atoms with Gasteiger partial charge in [-0.1, -0.05) is 11.6 Å². The molecule has 1 aliphatic heterocycles. The van der Waals surface area contributed by atoms with Crippen LogP contribution in [-0.4, -0.2) is 28.5 Å². The summed E-state index contributed by atoms with van der Waals surface area (Å²) in [6.45, 7) is 1.50. The average molecular weight is 435 g/mol. The van der Waals surface area contributed by atoms with Gasteiger partial charge in [-0.2, -0.15) is 0 Å². The van der Waals surface area contributed by atoms with Gasteiger partial charge in [0.15, 0.2) is 5.78 Å². The van der Waals surface area contributed by atoms with Crippen LogP contribution in [0.1, 0.15) is 15.9 Å². The molecule has 0 saturated carbocycles. The molecule has 0 fully saturated rings. The zero-order valence-electron chi connectivity index (χ0n) is 13.9. The number of halogens is 2. The molecule has 3 aromatic rings. The highest BCUT2D eigenvalue weighted by atomic mass is 79.9. The van der Waals surface area contributed by atoms with E-state index in [1.165, 1.54) is 0 Å². The van der Waals surface area contributed by atoms with Crippen molar-refractivity contribution in [2.45, 2.75) is 13.0 Å². The van der Waals surface area contributed by atoms with Crippen molar-refractivity contribution in [2.75, 3.05) is 13.2 Å². The number of Topliss-reactive ketones (excluding diaryl/α,β-unsaturated/α-hetero) is 1. The molecule has 0 radical (unpaired) electrons. The molecular formula is C19H17BrClN3O2. The van der Waals surface area contributed by atoms with Gasteiger partial charge >= 0.3 is 0 Å². The van der Waals surface area contributed by atoms with E-state index in [1.807, 2.05) is 29.0 Å². The fourth-order valence-corrected chi connectivity index (χ4v) is 3.95. The van der Waals surface area contributed by atoms with E-state index in [-0.39, 0.29) is 11.7 Å². The van der Waals surface area contributed by atoms with E-state index in [9.17, 15) is 4.79 Å². The number of carbonyl (C=O) groups is 1. The number of aromatic nitrogens is 2. The summed E-state index contributed by atoms with van der Waals surface area (Å²) in [5, 5.41) is 1.48. The number of ketones is 1. The van der Waals surface area contributed by atoms with Gasteiger partial charge in [0.2, 0.25) is 0 Å². The molecule has 2 aromatic heterocycles. The Morgan fingerprint density at radius 3 is 3.08 bits per heavy atom. The van der Waals surface area contributed by atoms with Gasteiger partial charge in [0.25, 0.3) is 0 Å². The van der Waals surface area contributed by atoms with E-state index in [1.54, 1.807) is 12.3 Å². The molecular weight excluding hydrogens is 418 g/mol. The first kappa shape index (κ1) is 17.5. The van der Waals surface area contributed by atoms with Gasteiger partial charge in [-0.15, -0.1) is 0 Å². The number of fused-ring (bicyclic) bond motifs is 2. The third kappa shape index (κ3) is 3.13. The lowest BCUT2D eigenvalue weighted by atomic mass is 9.90. The summed E-state index contributed by atoms with van der Waals surface area (Å²) in [7, 11) is 0. The molecule has 4 rings (SSSR count). The maximum atomic E-state index is 13.2. The van der Waals surface area contributed by atoms with Gasteiger partial charge in [-0.05, 0) is 52.2 Å². The van der Waals surface area contributed by atoms with Crippen LogP contribution < -0.4 is 10.5 Å². The zero-order chi connectivity index (χ0) is 18.3. The molecule has 0 saturated heterocycles. The Kier molecular flexibility index (Phi) is 4.73. The molecule has 1 aromatic carbocycles. The second kappa shape index (κ2) is 7.02. The highest BCUT2D eigenvalue weighted by Gasteiger charge is 2.29. The Bertz CT molecular complexity index is 1000. The van der Waals surface area contributed by atoms with E-state index < -0.39 is 0 Å². The summed E-state index contributed by atoms with van der Waals surface area (Å²) >= 11 is 9.48. The number of ether oxygens (including phenoxy) is 1. The molecule has 0 bridgehead atoms. The fraction of sp³-hybridized carbons (Fsp3) is 0.263. The van der Waals surface area contributed by atoms with Crippen LogP contribution in [0.2, 0.25) is 5.02 Å². The van der Waals surface area contributed by atoms with Crippen LogP contribution in [0.3, 0.4) is 0 Å². The second-order valence-electron chi connectivity index (χ2n) is 6.38. The van der Waals surface area contributed by atoms with Crippen molar-refractivity contribution in [2.24, 2.45) is 11.7 Å². The minimum Gasteiger partial charge on any atom is -0.493 e. The standard InChI is InChI=1S/C19H17BrClN3O2/c20-18-7-16-14(8-23-18)15(9-24(16)4-3-22)19(25)12-5-11-6-13(21)1-2-17(11)26-10-12/h1-2,6-9,12H,3-5,10,22H2. The fourth-order valence-electron chi connectivity index (χ4n) is 3.43. The van der Waals surface area contributed by atoms with Crippen molar-refractivity contribution < 1.29 is 9.53 Å². The predicted molar refractivity (Wildman–Crippen MR) is 105 cm³/mol. The number of hydrogen-bond donors (Lipinski definition) is 1. The molecule has 1 atom stereocenters. The summed E-state index contributed by atoms with van der Waals surface area (Å²) in [5.74, 6) is 0.608. The van der Waals surface area contributed by atoms with Crippen molar-refractivity contribution >= 4 is 44.2 Å². The lowest BCUT2D eigenvalue weighted by Gasteiger charge is -2.24. The van der Waals surface area contributed by atoms with Crippen LogP contribution in [0, 0.1) is 5.92 Å². The van der Waals surface area contributed by atoms with Gasteiger partial charge in [0.1, 0.15) is 10.4 Å². The number of nitrogens with two attached hydrogens (primary N) is 1. The average Bonchev–Trinajstić information content (AvgIpc) is 2.98. The Morgan fingerprint density at radius 1 is 1.42 bits per heavy atom. The first-order chi connectivity index (χ1) is 12.6. The van der Waals surface area contributed by atoms with E-state index in [0.717, 1.165) is 26.8 Å². The molecule has 1 aliphatic rings. The summed E-state index contributed by atoms with van der Waals surface area (Å²) in [4.78, 5) is 17.5. The van der Waals surface area contributed by atoms with Gasteiger partial charge in [-0.25, -0.2) is 4.98 Å². The van der Waals surface area contributed by atoms with Crippen LogP contribution >= 0.6 is 27.5 Å². The molecule has 1 unspecified atom stereocenters. The molecule has 3 heterocycles. The minimum absolute atomic E-state index is 0.0560. The number of carbonyl (C=O) groups excluding carboxylic acids is 1. The Balaban J connectivity index is 1.70. The molecule has 0 amide bonds. The van der Waals surface area contributed by atoms with Crippen molar-refractivity contribution in [1.29, 1.82) is 0 Å². The maximum absolute atomic E-state index is 13.2. The number of benzene rings is 1. The Morgan fingerprint density at radius 2 is 2.27 bits per heavy atom. The second-order valence-corrected chi connectivity index (χ2v) is 7.63. The number of pyridine rings is 1. The summed E-state index contributed by atoms with van der Waals surface area (Å²) in [6, 6.07) is 7.43. The first-order valence-electron chi connectivity index (χ1n) is 8.36. The Hall–Kier alpha value is -1.89. The molecule has 2 N–H and O–H groups in total. The van der Waals surface area contributed by atoms with E-state index in [0.29, 0.717) is 36.7 Å². The quantitative estimate of drug-likeness (QED) is 0.500. The molecule has 26 heavy (non-hydrogen) atoms. The monoisotopic (exact) mass is 433 g/mol. The van der Waals surface area contributed by atoms with Gasteiger partial charge in [-0.3, -0.25) is 4.79 Å². The van der Waals surface area contributed by atoms with Crippen LogP contribution in [-0.2, 0) is 13.0 Å².